The molecule has 0 aromatic heterocycles. The molecule has 1 heterocycles. The minimum Gasteiger partial charge on any atom is -0.493 e. The van der Waals surface area contributed by atoms with Crippen LogP contribution in [0, 0.1) is 0 Å². The summed E-state index contributed by atoms with van der Waals surface area (Å²) in [6.07, 6.45) is 17.9. The summed E-state index contributed by atoms with van der Waals surface area (Å²) in [7, 11) is 0. The van der Waals surface area contributed by atoms with E-state index in [0.29, 0.717) is 0 Å². The average Bonchev–Trinajstić information content (AvgIpc) is 3.27. The van der Waals surface area contributed by atoms with Crippen LogP contribution in [0.5, 0.6) is 0 Å². The first-order chi connectivity index (χ1) is 20.4. The smallest absolute Gasteiger partial charge is 0.211 e. The number of nitrogens with zero attached hydrogens (tertiary/aromatic N) is 2. The number of allylic oxidation sites excluding steroid dienone is 2. The Balaban J connectivity index is 2.33. The molecule has 0 spiro atoms. The lowest BCUT2D eigenvalue weighted by molar-refractivity contribution is -0.345. The van der Waals surface area contributed by atoms with Crippen molar-refractivity contribution in [1.82, 2.24) is 0 Å². The van der Waals surface area contributed by atoms with Gasteiger partial charge in [0.1, 0.15) is 0 Å². The molecule has 0 N–H and O–H groups in total. The first-order valence-corrected chi connectivity index (χ1v) is 17.7. The molecule has 0 saturated carbocycles. The predicted octanol–water partition coefficient (Wildman–Crippen LogP) is 12.2. The van der Waals surface area contributed by atoms with E-state index in [0.717, 1.165) is 88.4 Å². The first kappa shape index (κ1) is 34.0. The molecule has 0 radical (unpaired) electrons. The largest absolute Gasteiger partial charge is 0.493 e. The third-order valence-corrected chi connectivity index (χ3v) is 9.24. The highest BCUT2D eigenvalue weighted by Crippen LogP contribution is 2.46. The van der Waals surface area contributed by atoms with Gasteiger partial charge in [-0.05, 0) is 122 Å². The van der Waals surface area contributed by atoms with Gasteiger partial charge >= 0.3 is 0 Å². The molecule has 0 aliphatic carbocycles. The van der Waals surface area contributed by atoms with Crippen LogP contribution in [0.2, 0.25) is 0 Å². The molecule has 0 fully saturated rings. The van der Waals surface area contributed by atoms with E-state index in [1.54, 1.807) is 10.3 Å². The average molecular weight is 569 g/mol. The van der Waals surface area contributed by atoms with E-state index in [1.165, 1.54) is 75.8 Å². The third-order valence-electron chi connectivity index (χ3n) is 9.24. The Bertz CT molecular complexity index is 1220. The molecule has 2 heteroatoms. The molecule has 1 aliphatic rings. The molecule has 42 heavy (non-hydrogen) atoms. The van der Waals surface area contributed by atoms with Gasteiger partial charge in [0.15, 0.2) is 0 Å². The number of aryl methyl sites for hydroxylation is 4. The van der Waals surface area contributed by atoms with Crippen molar-refractivity contribution >= 4 is 11.4 Å². The van der Waals surface area contributed by atoms with E-state index < -0.39 is 0 Å². The Morgan fingerprint density at radius 1 is 0.452 bits per heavy atom. The maximum absolute atomic E-state index is 12.3. The lowest BCUT2D eigenvalue weighted by atomic mass is 9.87. The van der Waals surface area contributed by atoms with E-state index in [1.807, 2.05) is 0 Å². The summed E-state index contributed by atoms with van der Waals surface area (Å²) in [5, 5.41) is 0. The van der Waals surface area contributed by atoms with Crippen LogP contribution in [0.1, 0.15) is 164 Å². The summed E-state index contributed by atoms with van der Waals surface area (Å²) < 4.78 is 1.63. The quantitative estimate of drug-likeness (QED) is 0.126. The summed E-state index contributed by atoms with van der Waals surface area (Å²) in [5.41, 5.74) is 28.5. The van der Waals surface area contributed by atoms with Gasteiger partial charge in [0.25, 0.3) is 0 Å². The molecule has 2 aromatic rings. The van der Waals surface area contributed by atoms with E-state index in [2.05, 4.69) is 79.7 Å². The van der Waals surface area contributed by atoms with Crippen molar-refractivity contribution in [1.29, 1.82) is 0 Å². The molecule has 0 saturated heterocycles. The topological polar surface area (TPSA) is 25.3 Å². The molecule has 2 nitrogen and oxygen atoms in total. The fraction of sp³-hybridized carbons (Fsp3) is 0.600. The van der Waals surface area contributed by atoms with E-state index in [-0.39, 0.29) is 0 Å². The molecule has 2 aromatic carbocycles. The van der Waals surface area contributed by atoms with Crippen LogP contribution >= 0.6 is 0 Å². The third kappa shape index (κ3) is 7.53. The lowest BCUT2D eigenvalue weighted by Gasteiger charge is -2.18. The van der Waals surface area contributed by atoms with Crippen molar-refractivity contribution < 1.29 is 4.70 Å². The number of rotatable bonds is 18. The number of hydrogen-bond acceptors (Lipinski definition) is 0. The Hall–Kier alpha value is -2.48. The highest BCUT2D eigenvalue weighted by molar-refractivity contribution is 5.83. The van der Waals surface area contributed by atoms with E-state index in [9.17, 15) is 5.53 Å². The first-order valence-electron chi connectivity index (χ1n) is 17.7. The molecular weight excluding hydrogens is 508 g/mol. The number of unbranched alkanes of at least 4 members (excludes halogenated alkanes) is 3. The molecule has 0 amide bonds. The van der Waals surface area contributed by atoms with Crippen molar-refractivity contribution in [2.75, 3.05) is 0 Å². The zero-order chi connectivity index (χ0) is 30.6. The van der Waals surface area contributed by atoms with Crippen LogP contribution in [0.3, 0.4) is 0 Å². The summed E-state index contributed by atoms with van der Waals surface area (Å²) in [6.45, 7) is 18.3. The van der Waals surface area contributed by atoms with Crippen LogP contribution in [-0.4, -0.2) is 4.70 Å². The fourth-order valence-corrected chi connectivity index (χ4v) is 7.20. The summed E-state index contributed by atoms with van der Waals surface area (Å²) >= 11 is 0. The number of benzene rings is 2. The molecule has 0 bridgehead atoms. The lowest BCUT2D eigenvalue weighted by Crippen LogP contribution is -2.08. The Morgan fingerprint density at radius 2 is 0.905 bits per heavy atom. The second-order valence-corrected chi connectivity index (χ2v) is 12.4. The zero-order valence-corrected chi connectivity index (χ0v) is 28.5. The molecule has 0 unspecified atom stereocenters. The van der Waals surface area contributed by atoms with Crippen molar-refractivity contribution in [2.24, 2.45) is 0 Å². The maximum Gasteiger partial charge on any atom is 0.211 e. The summed E-state index contributed by atoms with van der Waals surface area (Å²) in [6, 6.07) is 9.68. The van der Waals surface area contributed by atoms with Crippen molar-refractivity contribution in [2.45, 2.75) is 158 Å². The zero-order valence-electron chi connectivity index (χ0n) is 28.5. The molecule has 1 aliphatic heterocycles. The van der Waals surface area contributed by atoms with Gasteiger partial charge < -0.3 is 5.53 Å². The summed E-state index contributed by atoms with van der Waals surface area (Å²) in [5.74, 6) is 0. The van der Waals surface area contributed by atoms with Gasteiger partial charge in [-0.1, -0.05) is 93.9 Å². The molecular formula is C40H60N2. The van der Waals surface area contributed by atoms with Gasteiger partial charge in [-0.15, -0.1) is 0 Å². The normalized spacial score (nSPS) is 13.7. The van der Waals surface area contributed by atoms with E-state index >= 15 is 0 Å². The highest BCUT2D eigenvalue weighted by atomic mass is 15.2. The minimum absolute atomic E-state index is 1.02. The van der Waals surface area contributed by atoms with Crippen molar-refractivity contribution in [3.8, 4) is 0 Å². The van der Waals surface area contributed by atoms with Gasteiger partial charge in [0.2, 0.25) is 11.4 Å². The standard InChI is InChI=1S/C40H60N2/c1-9-17-19-24-38-37(23-18-10-2)39(33-25-29(14-6)35(16-8)30(15-7)26-33)42(41)40(38)34-27-31(20-11-3)36(22-13-5)32(28-34)21-12-4/h25-28H,9-24H2,1-8H3. The Morgan fingerprint density at radius 3 is 1.31 bits per heavy atom. The van der Waals surface area contributed by atoms with Gasteiger partial charge in [0, 0.05) is 22.3 Å². The van der Waals surface area contributed by atoms with Gasteiger partial charge in [0.05, 0.1) is 0 Å². The second-order valence-electron chi connectivity index (χ2n) is 12.4. The molecule has 0 atom stereocenters. The van der Waals surface area contributed by atoms with Crippen LogP contribution in [0.25, 0.3) is 16.9 Å². The monoisotopic (exact) mass is 568 g/mol. The maximum atomic E-state index is 12.3. The second kappa shape index (κ2) is 17.0. The van der Waals surface area contributed by atoms with Crippen LogP contribution < -0.4 is 0 Å². The van der Waals surface area contributed by atoms with E-state index in [4.69, 9.17) is 0 Å². The van der Waals surface area contributed by atoms with Crippen LogP contribution in [-0.2, 0) is 38.5 Å². The van der Waals surface area contributed by atoms with Gasteiger partial charge in [-0.2, -0.15) is 0 Å². The minimum atomic E-state index is 1.02. The SMILES string of the molecule is CCCCCC1=C(c2cc(CCC)c(CCC)c(CCC)c2)[N+](=[N-])C(c2cc(CC)c(CC)c(CC)c2)=C1CCCC. The van der Waals surface area contributed by atoms with Gasteiger partial charge in [-0.25, -0.2) is 4.70 Å². The predicted molar refractivity (Wildman–Crippen MR) is 184 cm³/mol. The highest BCUT2D eigenvalue weighted by Gasteiger charge is 2.36. The molecule has 3 rings (SSSR count). The Labute approximate surface area is 259 Å². The van der Waals surface area contributed by atoms with Gasteiger partial charge in [-0.3, -0.25) is 0 Å². The Kier molecular flexibility index (Phi) is 13.7. The van der Waals surface area contributed by atoms with Crippen LogP contribution in [0.15, 0.2) is 35.4 Å². The van der Waals surface area contributed by atoms with Crippen molar-refractivity contribution in [3.05, 3.63) is 85.5 Å². The van der Waals surface area contributed by atoms with Crippen molar-refractivity contribution in [3.63, 3.8) is 0 Å². The number of hydrogen-bond donors (Lipinski definition) is 0. The summed E-state index contributed by atoms with van der Waals surface area (Å²) in [4.78, 5) is 0. The van der Waals surface area contributed by atoms with Crippen LogP contribution in [0.4, 0.5) is 0 Å². The fourth-order valence-electron chi connectivity index (χ4n) is 7.20. The molecule has 230 valence electrons.